The number of benzene rings is 1. The Morgan fingerprint density at radius 2 is 2.05 bits per heavy atom. The van der Waals surface area contributed by atoms with Gasteiger partial charge in [0.15, 0.2) is 0 Å². The van der Waals surface area contributed by atoms with Crippen LogP contribution in [0.1, 0.15) is 39.3 Å². The van der Waals surface area contributed by atoms with Crippen LogP contribution in [0.3, 0.4) is 0 Å². The van der Waals surface area contributed by atoms with E-state index in [-0.39, 0.29) is 6.04 Å². The van der Waals surface area contributed by atoms with Crippen LogP contribution in [0.15, 0.2) is 16.8 Å². The Labute approximate surface area is 128 Å². The number of aliphatic hydroxyl groups is 1. The third-order valence-electron chi connectivity index (χ3n) is 4.43. The zero-order chi connectivity index (χ0) is 16.1. The maximum absolute atomic E-state index is 11.6. The van der Waals surface area contributed by atoms with E-state index < -0.39 is 11.7 Å². The van der Waals surface area contributed by atoms with Crippen molar-refractivity contribution < 1.29 is 19.4 Å². The minimum atomic E-state index is -0.751. The van der Waals surface area contributed by atoms with Crippen molar-refractivity contribution in [3.63, 3.8) is 0 Å². The molecule has 2 heterocycles. The Kier molecular flexibility index (Phi) is 3.49. The van der Waals surface area contributed by atoms with E-state index in [2.05, 4.69) is 28.5 Å². The maximum atomic E-state index is 11.6. The molecule has 3 rings (SSSR count). The number of rotatable bonds is 3. The maximum Gasteiger partial charge on any atom is 0.249 e. The molecule has 1 aromatic heterocycles. The highest BCUT2D eigenvalue weighted by Crippen LogP contribution is 2.43. The van der Waals surface area contributed by atoms with Crippen LogP contribution in [-0.4, -0.2) is 40.0 Å². The molecule has 0 aliphatic carbocycles. The summed E-state index contributed by atoms with van der Waals surface area (Å²) in [5, 5.41) is 26.1. The summed E-state index contributed by atoms with van der Waals surface area (Å²) in [5.74, 6) is 0.590. The molecule has 7 nitrogen and oxygen atoms in total. The van der Waals surface area contributed by atoms with Gasteiger partial charge in [-0.25, -0.2) is 0 Å². The molecule has 0 fully saturated rings. The van der Waals surface area contributed by atoms with Crippen LogP contribution in [0.4, 0.5) is 0 Å². The van der Waals surface area contributed by atoms with Gasteiger partial charge in [0.05, 0.1) is 6.04 Å². The summed E-state index contributed by atoms with van der Waals surface area (Å²) in [6, 6.07) is 3.19. The number of aromatic nitrogens is 2. The van der Waals surface area contributed by atoms with Crippen LogP contribution in [0, 0.1) is 5.21 Å². The van der Waals surface area contributed by atoms with Gasteiger partial charge in [-0.05, 0) is 31.8 Å². The Bertz CT molecular complexity index is 693. The topological polar surface area (TPSA) is 85.7 Å². The lowest BCUT2D eigenvalue weighted by Crippen LogP contribution is -2.53. The van der Waals surface area contributed by atoms with Crippen molar-refractivity contribution in [2.24, 2.45) is 0 Å². The molecule has 2 atom stereocenters. The van der Waals surface area contributed by atoms with Crippen molar-refractivity contribution in [1.29, 1.82) is 0 Å². The van der Waals surface area contributed by atoms with Gasteiger partial charge in [0, 0.05) is 22.9 Å². The minimum absolute atomic E-state index is 0.213. The number of likely N-dealkylation sites (N-methyl/N-ethyl adjacent to an activating group) is 1. The molecule has 0 bridgehead atoms. The Balaban J connectivity index is 2.21. The number of aliphatic hydroxyl groups excluding tert-OH is 1. The van der Waals surface area contributed by atoms with E-state index in [1.807, 2.05) is 13.8 Å². The molecule has 1 aliphatic rings. The number of nitrogens with zero attached hydrogens (tertiary/aromatic N) is 3. The van der Waals surface area contributed by atoms with E-state index in [4.69, 9.17) is 4.74 Å². The standard InChI is InChI=1S/C15H21N3O4/c1-5-17(6-2)13-9-7-10-11(18(20)22-16-10)8-12(9)21-15(3,4)14(13)19/h7-8,13-14,19H,5-6H2,1-4H3. The highest BCUT2D eigenvalue weighted by Gasteiger charge is 2.45. The molecule has 1 N–H and O–H groups in total. The fourth-order valence-corrected chi connectivity index (χ4v) is 3.15. The van der Waals surface area contributed by atoms with E-state index in [9.17, 15) is 10.3 Å². The van der Waals surface area contributed by atoms with Crippen LogP contribution >= 0.6 is 0 Å². The van der Waals surface area contributed by atoms with Crippen molar-refractivity contribution in [1.82, 2.24) is 10.1 Å². The van der Waals surface area contributed by atoms with E-state index in [0.29, 0.717) is 21.7 Å². The molecule has 0 saturated heterocycles. The molecular formula is C15H21N3O4. The van der Waals surface area contributed by atoms with Gasteiger partial charge in [-0.1, -0.05) is 13.8 Å². The monoisotopic (exact) mass is 307 g/mol. The number of hydrogen-bond acceptors (Lipinski definition) is 6. The number of fused-ring (bicyclic) bond motifs is 2. The van der Waals surface area contributed by atoms with Crippen molar-refractivity contribution in [3.05, 3.63) is 22.9 Å². The van der Waals surface area contributed by atoms with Crippen LogP contribution < -0.4 is 9.64 Å². The molecule has 120 valence electrons. The quantitative estimate of drug-likeness (QED) is 0.862. The predicted octanol–water partition coefficient (Wildman–Crippen LogP) is 1.38. The molecule has 1 aliphatic heterocycles. The molecule has 2 unspecified atom stereocenters. The van der Waals surface area contributed by atoms with E-state index in [1.165, 1.54) is 0 Å². The van der Waals surface area contributed by atoms with Crippen LogP contribution in [0.2, 0.25) is 0 Å². The minimum Gasteiger partial charge on any atom is -0.485 e. The lowest BCUT2D eigenvalue weighted by Gasteiger charge is -2.45. The highest BCUT2D eigenvalue weighted by molar-refractivity contribution is 5.74. The normalized spacial score (nSPS) is 23.5. The van der Waals surface area contributed by atoms with Gasteiger partial charge in [-0.3, -0.25) is 9.53 Å². The van der Waals surface area contributed by atoms with Gasteiger partial charge >= 0.3 is 0 Å². The second-order valence-corrected chi connectivity index (χ2v) is 6.13. The van der Waals surface area contributed by atoms with Crippen molar-refractivity contribution in [3.8, 4) is 5.75 Å². The third kappa shape index (κ3) is 2.12. The summed E-state index contributed by atoms with van der Waals surface area (Å²) in [6.07, 6.45) is -0.691. The average molecular weight is 307 g/mol. The van der Waals surface area contributed by atoms with Crippen molar-refractivity contribution >= 4 is 11.0 Å². The summed E-state index contributed by atoms with van der Waals surface area (Å²) in [5.41, 5.74) is 0.862. The van der Waals surface area contributed by atoms with Crippen LogP contribution in [0.25, 0.3) is 11.0 Å². The Morgan fingerprint density at radius 3 is 2.68 bits per heavy atom. The Morgan fingerprint density at radius 1 is 1.36 bits per heavy atom. The van der Waals surface area contributed by atoms with E-state index >= 15 is 0 Å². The summed E-state index contributed by atoms with van der Waals surface area (Å²) in [7, 11) is 0. The average Bonchev–Trinajstić information content (AvgIpc) is 2.83. The zero-order valence-corrected chi connectivity index (χ0v) is 13.2. The zero-order valence-electron chi connectivity index (χ0n) is 13.2. The van der Waals surface area contributed by atoms with E-state index in [0.717, 1.165) is 18.7 Å². The number of hydrogen-bond donors (Lipinski definition) is 1. The van der Waals surface area contributed by atoms with Gasteiger partial charge < -0.3 is 15.1 Å². The molecule has 0 radical (unpaired) electrons. The molecule has 0 amide bonds. The predicted molar refractivity (Wildman–Crippen MR) is 79.3 cm³/mol. The number of ether oxygens (including phenoxy) is 1. The molecule has 7 heteroatoms. The summed E-state index contributed by atoms with van der Waals surface area (Å²) in [4.78, 5) is 2.54. The first kappa shape index (κ1) is 15.1. The lowest BCUT2D eigenvalue weighted by molar-refractivity contribution is -0.782. The molecule has 0 spiro atoms. The smallest absolute Gasteiger partial charge is 0.249 e. The fraction of sp³-hybridized carbons (Fsp3) is 0.600. The van der Waals surface area contributed by atoms with Gasteiger partial charge in [0.25, 0.3) is 0 Å². The second-order valence-electron chi connectivity index (χ2n) is 6.13. The molecule has 0 saturated carbocycles. The van der Waals surface area contributed by atoms with Crippen molar-refractivity contribution in [2.75, 3.05) is 13.1 Å². The SMILES string of the molecule is CCN(CC)C1c2cc3no[n+]([O-])c3cc2OC(C)(C)C1O. The van der Waals surface area contributed by atoms with Crippen LogP contribution in [-0.2, 0) is 0 Å². The summed E-state index contributed by atoms with van der Waals surface area (Å²) < 4.78 is 10.6. The first-order chi connectivity index (χ1) is 10.4. The van der Waals surface area contributed by atoms with Gasteiger partial charge in [0.1, 0.15) is 17.5 Å². The molecule has 22 heavy (non-hydrogen) atoms. The first-order valence-corrected chi connectivity index (χ1v) is 7.53. The van der Waals surface area contributed by atoms with Crippen molar-refractivity contribution in [2.45, 2.75) is 45.4 Å². The van der Waals surface area contributed by atoms with Crippen LogP contribution in [0.5, 0.6) is 5.75 Å². The lowest BCUT2D eigenvalue weighted by atomic mass is 9.85. The summed E-state index contributed by atoms with van der Waals surface area (Å²) >= 11 is 0. The molecule has 2 aromatic rings. The van der Waals surface area contributed by atoms with Gasteiger partial charge in [-0.15, -0.1) is 0 Å². The highest BCUT2D eigenvalue weighted by atomic mass is 16.8. The van der Waals surface area contributed by atoms with Gasteiger partial charge in [0.2, 0.25) is 11.0 Å². The van der Waals surface area contributed by atoms with Gasteiger partial charge in [-0.2, -0.15) is 0 Å². The second kappa shape index (κ2) is 5.10. The first-order valence-electron chi connectivity index (χ1n) is 7.53. The molecule has 1 aromatic carbocycles. The summed E-state index contributed by atoms with van der Waals surface area (Å²) in [6.45, 7) is 9.40. The Hall–Kier alpha value is -1.86. The third-order valence-corrected chi connectivity index (χ3v) is 4.43. The molecular weight excluding hydrogens is 286 g/mol. The van der Waals surface area contributed by atoms with E-state index in [1.54, 1.807) is 12.1 Å². The largest absolute Gasteiger partial charge is 0.485 e. The fourth-order valence-electron chi connectivity index (χ4n) is 3.15.